The number of aliphatic hydroxyl groups excluding tert-OH is 1. The van der Waals surface area contributed by atoms with Crippen molar-refractivity contribution in [1.82, 2.24) is 0 Å². The maximum Gasteiger partial charge on any atom is 0.0586 e. The van der Waals surface area contributed by atoms with Gasteiger partial charge < -0.3 is 9.84 Å². The van der Waals surface area contributed by atoms with Gasteiger partial charge in [0.25, 0.3) is 0 Å². The van der Waals surface area contributed by atoms with Crippen molar-refractivity contribution < 1.29 is 9.84 Å². The maximum absolute atomic E-state index is 9.29. The van der Waals surface area contributed by atoms with E-state index >= 15 is 0 Å². The smallest absolute Gasteiger partial charge is 0.0586 e. The van der Waals surface area contributed by atoms with Crippen LogP contribution in [0.15, 0.2) is 6.07 Å². The minimum Gasteiger partial charge on any atom is -0.396 e. The Morgan fingerprint density at radius 3 is 2.00 bits per heavy atom. The van der Waals surface area contributed by atoms with Crippen LogP contribution in [0.4, 0.5) is 0 Å². The molecule has 0 atom stereocenters. The van der Waals surface area contributed by atoms with E-state index in [0.29, 0.717) is 0 Å². The quantitative estimate of drug-likeness (QED) is 0.871. The number of benzene rings is 1. The highest BCUT2D eigenvalue weighted by molar-refractivity contribution is 5.49. The van der Waals surface area contributed by atoms with Crippen LogP contribution in [-0.4, -0.2) is 24.9 Å². The van der Waals surface area contributed by atoms with E-state index in [0.717, 1.165) is 19.6 Å². The highest BCUT2D eigenvalue weighted by Gasteiger charge is 2.42. The number of ether oxygens (including phenoxy) is 1. The Kier molecular flexibility index (Phi) is 3.28. The third-order valence-electron chi connectivity index (χ3n) is 4.24. The first-order valence-electron chi connectivity index (χ1n) is 6.28. The Bertz CT molecular complexity index is 405. The van der Waals surface area contributed by atoms with Crippen molar-refractivity contribution in [2.45, 2.75) is 39.5 Å². The molecule has 94 valence electrons. The number of rotatable bonds is 3. The van der Waals surface area contributed by atoms with Gasteiger partial charge in [-0.25, -0.2) is 0 Å². The van der Waals surface area contributed by atoms with Gasteiger partial charge in [0.15, 0.2) is 0 Å². The van der Waals surface area contributed by atoms with Gasteiger partial charge in [-0.2, -0.15) is 0 Å². The molecule has 0 amide bonds. The summed E-state index contributed by atoms with van der Waals surface area (Å²) in [5, 5.41) is 9.29. The van der Waals surface area contributed by atoms with Crippen LogP contribution in [0.25, 0.3) is 0 Å². The second-order valence-corrected chi connectivity index (χ2v) is 5.38. The van der Waals surface area contributed by atoms with Crippen LogP contribution in [-0.2, 0) is 10.2 Å². The van der Waals surface area contributed by atoms with Crippen LogP contribution >= 0.6 is 0 Å². The molecule has 2 heteroatoms. The Balaban J connectivity index is 2.57. The van der Waals surface area contributed by atoms with Crippen LogP contribution in [0.1, 0.15) is 34.2 Å². The minimum atomic E-state index is 0.0553. The fourth-order valence-electron chi connectivity index (χ4n) is 2.99. The lowest BCUT2D eigenvalue weighted by Gasteiger charge is -2.44. The minimum absolute atomic E-state index is 0.0553. The summed E-state index contributed by atoms with van der Waals surface area (Å²) in [6.45, 7) is 10.4. The molecule has 0 aliphatic carbocycles. The lowest BCUT2D eigenvalue weighted by Crippen LogP contribution is -2.48. The lowest BCUT2D eigenvalue weighted by molar-refractivity contribution is -0.0707. The van der Waals surface area contributed by atoms with Crippen molar-refractivity contribution in [2.75, 3.05) is 19.8 Å². The van der Waals surface area contributed by atoms with Crippen molar-refractivity contribution in [1.29, 1.82) is 0 Å². The highest BCUT2D eigenvalue weighted by atomic mass is 16.5. The van der Waals surface area contributed by atoms with Crippen LogP contribution < -0.4 is 0 Å². The summed E-state index contributed by atoms with van der Waals surface area (Å²) in [7, 11) is 0. The van der Waals surface area contributed by atoms with Gasteiger partial charge in [-0.05, 0) is 61.9 Å². The van der Waals surface area contributed by atoms with E-state index in [1.807, 2.05) is 0 Å². The molecule has 1 aliphatic heterocycles. The Labute approximate surface area is 104 Å². The zero-order chi connectivity index (χ0) is 12.6. The average Bonchev–Trinajstić information content (AvgIpc) is 2.23. The first-order chi connectivity index (χ1) is 8.02. The van der Waals surface area contributed by atoms with Crippen LogP contribution in [0, 0.1) is 27.7 Å². The van der Waals surface area contributed by atoms with E-state index < -0.39 is 0 Å². The fraction of sp³-hybridized carbons (Fsp3) is 0.600. The molecular formula is C15H22O2. The van der Waals surface area contributed by atoms with E-state index in [2.05, 4.69) is 33.8 Å². The molecule has 1 saturated heterocycles. The number of hydrogen-bond acceptors (Lipinski definition) is 2. The highest BCUT2D eigenvalue weighted by Crippen LogP contribution is 2.40. The van der Waals surface area contributed by atoms with Crippen molar-refractivity contribution in [3.8, 4) is 0 Å². The Hall–Kier alpha value is -0.860. The summed E-state index contributed by atoms with van der Waals surface area (Å²) in [6.07, 6.45) is 0.803. The molecule has 0 saturated carbocycles. The zero-order valence-electron chi connectivity index (χ0n) is 11.3. The van der Waals surface area contributed by atoms with Crippen LogP contribution in [0.2, 0.25) is 0 Å². The molecule has 17 heavy (non-hydrogen) atoms. The topological polar surface area (TPSA) is 29.5 Å². The van der Waals surface area contributed by atoms with Gasteiger partial charge in [0.2, 0.25) is 0 Å². The predicted octanol–water partition coefficient (Wildman–Crippen LogP) is 2.57. The molecule has 0 radical (unpaired) electrons. The molecule has 1 fully saturated rings. The summed E-state index contributed by atoms with van der Waals surface area (Å²) >= 11 is 0. The Morgan fingerprint density at radius 2 is 1.65 bits per heavy atom. The van der Waals surface area contributed by atoms with E-state index in [1.165, 1.54) is 27.8 Å². The third kappa shape index (κ3) is 1.90. The van der Waals surface area contributed by atoms with Crippen molar-refractivity contribution in [3.63, 3.8) is 0 Å². The monoisotopic (exact) mass is 234 g/mol. The number of aliphatic hydroxyl groups is 1. The molecule has 0 unspecified atom stereocenters. The van der Waals surface area contributed by atoms with E-state index in [9.17, 15) is 5.11 Å². The van der Waals surface area contributed by atoms with Gasteiger partial charge in [-0.3, -0.25) is 0 Å². The molecule has 1 aliphatic rings. The molecule has 0 spiro atoms. The molecule has 2 nitrogen and oxygen atoms in total. The second-order valence-electron chi connectivity index (χ2n) is 5.38. The molecule has 1 heterocycles. The van der Waals surface area contributed by atoms with E-state index in [-0.39, 0.29) is 12.0 Å². The number of aryl methyl sites for hydroxylation is 2. The normalized spacial score (nSPS) is 17.9. The van der Waals surface area contributed by atoms with Gasteiger partial charge in [0.1, 0.15) is 0 Å². The largest absolute Gasteiger partial charge is 0.396 e. The van der Waals surface area contributed by atoms with Crippen LogP contribution in [0.5, 0.6) is 0 Å². The molecular weight excluding hydrogens is 212 g/mol. The first kappa shape index (κ1) is 12.6. The molecule has 1 N–H and O–H groups in total. The predicted molar refractivity (Wildman–Crippen MR) is 69.6 cm³/mol. The summed E-state index contributed by atoms with van der Waals surface area (Å²) in [5.74, 6) is 0. The zero-order valence-corrected chi connectivity index (χ0v) is 11.3. The van der Waals surface area contributed by atoms with Crippen molar-refractivity contribution in [2.24, 2.45) is 0 Å². The van der Waals surface area contributed by atoms with Crippen molar-refractivity contribution >= 4 is 0 Å². The fourth-order valence-corrected chi connectivity index (χ4v) is 2.99. The summed E-state index contributed by atoms with van der Waals surface area (Å²) < 4.78 is 5.42. The second kappa shape index (κ2) is 4.43. The van der Waals surface area contributed by atoms with Gasteiger partial charge in [-0.1, -0.05) is 6.07 Å². The van der Waals surface area contributed by atoms with Gasteiger partial charge in [0, 0.05) is 12.0 Å². The third-order valence-corrected chi connectivity index (χ3v) is 4.24. The maximum atomic E-state index is 9.29. The number of hydrogen-bond donors (Lipinski definition) is 1. The molecule has 0 aromatic heterocycles. The molecule has 1 aromatic carbocycles. The van der Waals surface area contributed by atoms with Gasteiger partial charge in [-0.15, -0.1) is 0 Å². The van der Waals surface area contributed by atoms with Gasteiger partial charge in [0.05, 0.1) is 13.2 Å². The summed E-state index contributed by atoms with van der Waals surface area (Å²) in [6, 6.07) is 2.25. The van der Waals surface area contributed by atoms with E-state index in [1.54, 1.807) is 0 Å². The van der Waals surface area contributed by atoms with E-state index in [4.69, 9.17) is 4.74 Å². The van der Waals surface area contributed by atoms with Crippen molar-refractivity contribution in [3.05, 3.63) is 33.9 Å². The Morgan fingerprint density at radius 1 is 1.12 bits per heavy atom. The molecule has 0 bridgehead atoms. The molecule has 2 rings (SSSR count). The average molecular weight is 234 g/mol. The lowest BCUT2D eigenvalue weighted by atomic mass is 9.71. The SMILES string of the molecule is Cc1cc(C)c(C)c(C2(CCO)COC2)c1C. The standard InChI is InChI=1S/C15H22O2/c1-10-7-11(2)13(4)14(12(10)3)15(5-6-16)8-17-9-15/h7,16H,5-6,8-9H2,1-4H3. The summed E-state index contributed by atoms with van der Waals surface area (Å²) in [4.78, 5) is 0. The molecule has 1 aromatic rings. The van der Waals surface area contributed by atoms with Crippen LogP contribution in [0.3, 0.4) is 0 Å². The summed E-state index contributed by atoms with van der Waals surface area (Å²) in [5.41, 5.74) is 6.88. The first-order valence-corrected chi connectivity index (χ1v) is 6.28. The van der Waals surface area contributed by atoms with Gasteiger partial charge >= 0.3 is 0 Å².